The van der Waals surface area contributed by atoms with Crippen LogP contribution in [0.25, 0.3) is 22.9 Å². The molecule has 4 heteroatoms. The fourth-order valence-electron chi connectivity index (χ4n) is 3.62. The number of ether oxygens (including phenoxy) is 4. The van der Waals surface area contributed by atoms with Crippen LogP contribution in [0, 0.1) is 0 Å². The smallest absolute Gasteiger partial charge is 0.120 e. The minimum Gasteiger partial charge on any atom is -0.491 e. The molecule has 0 aliphatic rings. The first-order valence-corrected chi connectivity index (χ1v) is 12.2. The maximum absolute atomic E-state index is 5.87. The molecule has 4 rings (SSSR count). The molecule has 0 aliphatic carbocycles. The van der Waals surface area contributed by atoms with Crippen molar-refractivity contribution in [1.82, 2.24) is 0 Å². The van der Waals surface area contributed by atoms with Gasteiger partial charge >= 0.3 is 0 Å². The highest BCUT2D eigenvalue weighted by molar-refractivity contribution is 5.85. The highest BCUT2D eigenvalue weighted by Crippen LogP contribution is 2.25. The topological polar surface area (TPSA) is 36.9 Å². The lowest BCUT2D eigenvalue weighted by Gasteiger charge is -2.10. The Bertz CT molecular complexity index is 1140. The van der Waals surface area contributed by atoms with Crippen LogP contribution >= 0.6 is 0 Å². The summed E-state index contributed by atoms with van der Waals surface area (Å²) >= 11 is 0. The summed E-state index contributed by atoms with van der Waals surface area (Å²) < 4.78 is 23.0. The van der Waals surface area contributed by atoms with Gasteiger partial charge in [-0.3, -0.25) is 0 Å². The first-order chi connectivity index (χ1) is 17.9. The van der Waals surface area contributed by atoms with Gasteiger partial charge < -0.3 is 18.9 Å². The summed E-state index contributed by atoms with van der Waals surface area (Å²) in [6.45, 7) is 3.17. The van der Waals surface area contributed by atoms with Gasteiger partial charge in [-0.25, -0.2) is 0 Å². The molecule has 4 aromatic rings. The molecule has 0 saturated carbocycles. The third kappa shape index (κ3) is 8.73. The van der Waals surface area contributed by atoms with Crippen molar-refractivity contribution in [1.29, 1.82) is 0 Å². The van der Waals surface area contributed by atoms with Crippen LogP contribution in [-0.4, -0.2) is 39.6 Å². The molecule has 4 aromatic carbocycles. The molecule has 0 unspecified atom stereocenters. The lowest BCUT2D eigenvalue weighted by atomic mass is 10.1. The van der Waals surface area contributed by atoms with Gasteiger partial charge in [0.25, 0.3) is 0 Å². The van der Waals surface area contributed by atoms with Gasteiger partial charge in [0, 0.05) is 0 Å². The molecule has 0 aromatic heterocycles. The normalized spacial score (nSPS) is 11.4. The maximum Gasteiger partial charge on any atom is 0.120 e. The van der Waals surface area contributed by atoms with Gasteiger partial charge in [0.1, 0.15) is 24.7 Å². The fraction of sp³-hybridized carbons (Fsp3) is 0.188. The van der Waals surface area contributed by atoms with Crippen LogP contribution in [0.5, 0.6) is 11.5 Å². The molecule has 36 heavy (non-hydrogen) atoms. The second kappa shape index (κ2) is 14.5. The van der Waals surface area contributed by atoms with Crippen LogP contribution in [0.3, 0.4) is 0 Å². The zero-order chi connectivity index (χ0) is 24.7. The van der Waals surface area contributed by atoms with Gasteiger partial charge in [0.05, 0.1) is 26.4 Å². The first-order valence-electron chi connectivity index (χ1n) is 12.2. The molecule has 184 valence electrons. The number of rotatable bonds is 14. The summed E-state index contributed by atoms with van der Waals surface area (Å²) in [5, 5.41) is 2.21. The predicted octanol–water partition coefficient (Wildman–Crippen LogP) is 7.06. The summed E-state index contributed by atoms with van der Waals surface area (Å²) in [7, 11) is 0. The van der Waals surface area contributed by atoms with E-state index < -0.39 is 0 Å². The van der Waals surface area contributed by atoms with Gasteiger partial charge in [-0.05, 0) is 46.2 Å². The van der Waals surface area contributed by atoms with E-state index in [1.807, 2.05) is 72.8 Å². The molecule has 0 N–H and O–H groups in total. The Morgan fingerprint density at radius 2 is 0.944 bits per heavy atom. The lowest BCUT2D eigenvalue weighted by molar-refractivity contribution is 0.121. The molecule has 0 saturated heterocycles. The largest absolute Gasteiger partial charge is 0.491 e. The number of hydrogen-bond donors (Lipinski definition) is 0. The molecule has 0 bridgehead atoms. The number of fused-ring (bicyclic) bond motifs is 1. The minimum absolute atomic E-state index is 0.497. The minimum atomic E-state index is 0.497. The molecule has 0 heterocycles. The van der Waals surface area contributed by atoms with Gasteiger partial charge in [0.15, 0.2) is 0 Å². The Hall–Kier alpha value is -3.86. The molecular weight excluding hydrogens is 448 g/mol. The van der Waals surface area contributed by atoms with Crippen molar-refractivity contribution >= 4 is 22.9 Å². The second-order valence-corrected chi connectivity index (χ2v) is 8.14. The fourth-order valence-corrected chi connectivity index (χ4v) is 3.62. The summed E-state index contributed by atoms with van der Waals surface area (Å²) in [5.74, 6) is 1.63. The van der Waals surface area contributed by atoms with E-state index in [0.717, 1.165) is 22.3 Å². The summed E-state index contributed by atoms with van der Waals surface area (Å²) in [5.41, 5.74) is 2.33. The quantitative estimate of drug-likeness (QED) is 0.181. The third-order valence-electron chi connectivity index (χ3n) is 5.42. The second-order valence-electron chi connectivity index (χ2n) is 8.14. The van der Waals surface area contributed by atoms with Crippen molar-refractivity contribution in [2.24, 2.45) is 0 Å². The Balaban J connectivity index is 1.14. The average molecular weight is 481 g/mol. The van der Waals surface area contributed by atoms with E-state index in [1.165, 1.54) is 11.1 Å². The lowest BCUT2D eigenvalue weighted by Crippen LogP contribution is -2.07. The van der Waals surface area contributed by atoms with E-state index >= 15 is 0 Å². The Labute approximate surface area is 213 Å². The van der Waals surface area contributed by atoms with Crippen LogP contribution < -0.4 is 9.47 Å². The van der Waals surface area contributed by atoms with Crippen LogP contribution in [0.2, 0.25) is 0 Å². The molecule has 0 radical (unpaired) electrons. The summed E-state index contributed by atoms with van der Waals surface area (Å²) in [4.78, 5) is 0. The molecule has 0 atom stereocenters. The predicted molar refractivity (Wildman–Crippen MR) is 148 cm³/mol. The molecule has 0 fully saturated rings. The van der Waals surface area contributed by atoms with Gasteiger partial charge in [0.2, 0.25) is 0 Å². The van der Waals surface area contributed by atoms with Crippen molar-refractivity contribution in [3.8, 4) is 11.5 Å². The first kappa shape index (κ1) is 25.2. The van der Waals surface area contributed by atoms with E-state index in [9.17, 15) is 0 Å². The number of hydrogen-bond acceptors (Lipinski definition) is 4. The van der Waals surface area contributed by atoms with Crippen molar-refractivity contribution < 1.29 is 18.9 Å². The Morgan fingerprint density at radius 1 is 0.472 bits per heavy atom. The monoisotopic (exact) mass is 480 g/mol. The third-order valence-corrected chi connectivity index (χ3v) is 5.42. The van der Waals surface area contributed by atoms with E-state index in [2.05, 4.69) is 48.6 Å². The van der Waals surface area contributed by atoms with Crippen LogP contribution in [-0.2, 0) is 9.47 Å². The highest BCUT2D eigenvalue weighted by atomic mass is 16.5. The van der Waals surface area contributed by atoms with Gasteiger partial charge in [-0.15, -0.1) is 0 Å². The average Bonchev–Trinajstić information content (AvgIpc) is 2.93. The van der Waals surface area contributed by atoms with Crippen molar-refractivity contribution in [2.75, 3.05) is 39.6 Å². The van der Waals surface area contributed by atoms with Gasteiger partial charge in [-0.2, -0.15) is 0 Å². The van der Waals surface area contributed by atoms with Gasteiger partial charge in [-0.1, -0.05) is 97.1 Å². The number of benzene rings is 4. The maximum atomic E-state index is 5.87. The zero-order valence-electron chi connectivity index (χ0n) is 20.4. The Kier molecular flexibility index (Phi) is 10.2. The van der Waals surface area contributed by atoms with E-state index in [4.69, 9.17) is 18.9 Å². The van der Waals surface area contributed by atoms with Crippen molar-refractivity contribution in [3.63, 3.8) is 0 Å². The summed E-state index contributed by atoms with van der Waals surface area (Å²) in [6, 6.07) is 32.5. The molecule has 0 spiro atoms. The van der Waals surface area contributed by atoms with E-state index in [0.29, 0.717) is 39.6 Å². The van der Waals surface area contributed by atoms with Crippen LogP contribution in [0.4, 0.5) is 0 Å². The molecule has 0 aliphatic heterocycles. The van der Waals surface area contributed by atoms with E-state index in [1.54, 1.807) is 0 Å². The summed E-state index contributed by atoms with van der Waals surface area (Å²) in [6.07, 6.45) is 8.14. The van der Waals surface area contributed by atoms with Crippen molar-refractivity contribution in [2.45, 2.75) is 0 Å². The van der Waals surface area contributed by atoms with Crippen molar-refractivity contribution in [3.05, 3.63) is 120 Å². The molecule has 4 nitrogen and oxygen atoms in total. The zero-order valence-corrected chi connectivity index (χ0v) is 20.4. The SMILES string of the molecule is C(=C\c1ccccc1)/COCCOc1ccc2ccc(OCCOC/C=C/c3ccccc3)cc2c1. The Morgan fingerprint density at radius 3 is 1.42 bits per heavy atom. The standard InChI is InChI=1S/C32H32O4/c1-3-9-27(10-4-1)13-7-19-33-21-23-35-31-17-15-29-16-18-32(26-30(29)25-31)36-24-22-34-20-8-14-28-11-5-2-6-12-28/h1-18,25-26H,19-24H2/b13-7+,14-8+. The van der Waals surface area contributed by atoms with Crippen LogP contribution in [0.15, 0.2) is 109 Å². The van der Waals surface area contributed by atoms with Crippen LogP contribution in [0.1, 0.15) is 11.1 Å². The van der Waals surface area contributed by atoms with E-state index in [-0.39, 0.29) is 0 Å². The molecule has 0 amide bonds. The highest BCUT2D eigenvalue weighted by Gasteiger charge is 2.01. The molecular formula is C32H32O4.